The molecule has 0 fully saturated rings. The lowest BCUT2D eigenvalue weighted by Gasteiger charge is -2.06. The van der Waals surface area contributed by atoms with E-state index >= 15 is 0 Å². The Bertz CT molecular complexity index is 658. The monoisotopic (exact) mass is 318 g/mol. The van der Waals surface area contributed by atoms with E-state index in [-0.39, 0.29) is 0 Å². The van der Waals surface area contributed by atoms with Crippen molar-refractivity contribution in [3.8, 4) is 0 Å². The Morgan fingerprint density at radius 3 is 3.00 bits per heavy atom. The number of nitrogens with zero attached hydrogens (tertiary/aromatic N) is 1. The molecule has 0 aliphatic carbocycles. The van der Waals surface area contributed by atoms with E-state index in [1.807, 2.05) is 6.07 Å². The predicted octanol–water partition coefficient (Wildman–Crippen LogP) is 3.79. The second kappa shape index (κ2) is 5.63. The van der Waals surface area contributed by atoms with Crippen LogP contribution in [0, 0.1) is 0 Å². The molecule has 0 saturated carbocycles. The molecule has 0 aliphatic rings. The number of rotatable bonds is 5. The average Bonchev–Trinajstić information content (AvgIpc) is 3.03. The van der Waals surface area contributed by atoms with Crippen molar-refractivity contribution < 1.29 is 4.42 Å². The van der Waals surface area contributed by atoms with Gasteiger partial charge in [-0.05, 0) is 30.3 Å². The zero-order valence-electron chi connectivity index (χ0n) is 10.5. The van der Waals surface area contributed by atoms with Crippen LogP contribution in [0.1, 0.15) is 5.56 Å². The van der Waals surface area contributed by atoms with Crippen LogP contribution in [0.2, 0.25) is 0 Å². The third-order valence-electron chi connectivity index (χ3n) is 3.17. The molecule has 0 radical (unpaired) electrons. The van der Waals surface area contributed by atoms with Crippen molar-refractivity contribution in [2.75, 3.05) is 6.54 Å². The number of hydrogen-bond donors (Lipinski definition) is 1. The van der Waals surface area contributed by atoms with Gasteiger partial charge in [0, 0.05) is 46.8 Å². The summed E-state index contributed by atoms with van der Waals surface area (Å²) in [5.41, 5.74) is 2.45. The fourth-order valence-corrected chi connectivity index (χ4v) is 2.57. The van der Waals surface area contributed by atoms with Crippen molar-refractivity contribution in [3.63, 3.8) is 0 Å². The van der Waals surface area contributed by atoms with Crippen LogP contribution in [0.3, 0.4) is 0 Å². The fraction of sp³-hybridized carbons (Fsp3) is 0.200. The van der Waals surface area contributed by atoms with Crippen molar-refractivity contribution in [1.29, 1.82) is 0 Å². The van der Waals surface area contributed by atoms with Crippen LogP contribution in [0.4, 0.5) is 0 Å². The van der Waals surface area contributed by atoms with Gasteiger partial charge < -0.3 is 14.3 Å². The molecule has 0 spiro atoms. The number of furan rings is 1. The van der Waals surface area contributed by atoms with Crippen LogP contribution in [-0.2, 0) is 13.1 Å². The second-order valence-corrected chi connectivity index (χ2v) is 5.44. The van der Waals surface area contributed by atoms with E-state index in [4.69, 9.17) is 4.42 Å². The molecule has 98 valence electrons. The van der Waals surface area contributed by atoms with Crippen molar-refractivity contribution in [3.05, 3.63) is 59.1 Å². The van der Waals surface area contributed by atoms with Gasteiger partial charge in [-0.2, -0.15) is 0 Å². The molecule has 0 saturated heterocycles. The van der Waals surface area contributed by atoms with Crippen molar-refractivity contribution in [2.45, 2.75) is 13.1 Å². The quantitative estimate of drug-likeness (QED) is 0.725. The molecule has 1 N–H and O–H groups in total. The van der Waals surface area contributed by atoms with E-state index in [1.54, 1.807) is 12.5 Å². The Labute approximate surface area is 120 Å². The molecule has 0 bridgehead atoms. The smallest absolute Gasteiger partial charge is 0.0947 e. The molecule has 2 aromatic heterocycles. The first-order valence-electron chi connectivity index (χ1n) is 6.29. The minimum atomic E-state index is 0.848. The highest BCUT2D eigenvalue weighted by Crippen LogP contribution is 2.20. The second-order valence-electron chi connectivity index (χ2n) is 4.52. The molecule has 19 heavy (non-hydrogen) atoms. The van der Waals surface area contributed by atoms with Gasteiger partial charge in [-0.15, -0.1) is 0 Å². The highest BCUT2D eigenvalue weighted by Gasteiger charge is 2.01. The highest BCUT2D eigenvalue weighted by atomic mass is 79.9. The third-order valence-corrected chi connectivity index (χ3v) is 3.67. The molecule has 3 nitrogen and oxygen atoms in total. The lowest BCUT2D eigenvalue weighted by atomic mass is 10.2. The number of halogens is 1. The van der Waals surface area contributed by atoms with Crippen molar-refractivity contribution in [2.24, 2.45) is 0 Å². The molecular weight excluding hydrogens is 304 g/mol. The van der Waals surface area contributed by atoms with E-state index in [9.17, 15) is 0 Å². The van der Waals surface area contributed by atoms with E-state index in [0.717, 1.165) is 24.1 Å². The SMILES string of the molecule is Brc1ccc2c(ccn2CCNCc2ccoc2)c1. The predicted molar refractivity (Wildman–Crippen MR) is 80.1 cm³/mol. The highest BCUT2D eigenvalue weighted by molar-refractivity contribution is 9.10. The summed E-state index contributed by atoms with van der Waals surface area (Å²) in [6, 6.07) is 10.5. The first-order chi connectivity index (χ1) is 9.33. The minimum Gasteiger partial charge on any atom is -0.472 e. The number of benzene rings is 1. The Balaban J connectivity index is 1.59. The molecule has 3 rings (SSSR count). The van der Waals surface area contributed by atoms with Crippen LogP contribution in [0.25, 0.3) is 10.9 Å². The molecule has 2 heterocycles. The maximum Gasteiger partial charge on any atom is 0.0947 e. The Hall–Kier alpha value is -1.52. The minimum absolute atomic E-state index is 0.848. The molecule has 0 unspecified atom stereocenters. The van der Waals surface area contributed by atoms with Crippen molar-refractivity contribution >= 4 is 26.8 Å². The maximum atomic E-state index is 5.04. The first kappa shape index (κ1) is 12.5. The topological polar surface area (TPSA) is 30.1 Å². The van der Waals surface area contributed by atoms with E-state index in [1.165, 1.54) is 16.5 Å². The Kier molecular flexibility index (Phi) is 3.71. The van der Waals surface area contributed by atoms with Crippen LogP contribution in [0.15, 0.2) is 57.9 Å². The van der Waals surface area contributed by atoms with Gasteiger partial charge in [0.2, 0.25) is 0 Å². The van der Waals surface area contributed by atoms with Gasteiger partial charge in [-0.25, -0.2) is 0 Å². The van der Waals surface area contributed by atoms with Crippen LogP contribution in [-0.4, -0.2) is 11.1 Å². The molecular formula is C15H15BrN2O. The summed E-state index contributed by atoms with van der Waals surface area (Å²) in [5.74, 6) is 0. The summed E-state index contributed by atoms with van der Waals surface area (Å²) in [4.78, 5) is 0. The fourth-order valence-electron chi connectivity index (χ4n) is 2.19. The van der Waals surface area contributed by atoms with Gasteiger partial charge in [-0.1, -0.05) is 15.9 Å². The van der Waals surface area contributed by atoms with E-state index in [2.05, 4.69) is 56.3 Å². The summed E-state index contributed by atoms with van der Waals surface area (Å²) in [5, 5.41) is 4.68. The van der Waals surface area contributed by atoms with Crippen LogP contribution >= 0.6 is 15.9 Å². The van der Waals surface area contributed by atoms with Crippen molar-refractivity contribution in [1.82, 2.24) is 9.88 Å². The van der Waals surface area contributed by atoms with Crippen LogP contribution in [0.5, 0.6) is 0 Å². The summed E-state index contributed by atoms with van der Waals surface area (Å²) < 4.78 is 8.43. The van der Waals surface area contributed by atoms with Gasteiger partial charge in [0.1, 0.15) is 0 Å². The van der Waals surface area contributed by atoms with E-state index < -0.39 is 0 Å². The first-order valence-corrected chi connectivity index (χ1v) is 7.08. The lowest BCUT2D eigenvalue weighted by Crippen LogP contribution is -2.18. The van der Waals surface area contributed by atoms with Crippen LogP contribution < -0.4 is 5.32 Å². The summed E-state index contributed by atoms with van der Waals surface area (Å²) in [7, 11) is 0. The molecule has 0 aliphatic heterocycles. The molecule has 4 heteroatoms. The third kappa shape index (κ3) is 2.91. The molecule has 1 aromatic carbocycles. The van der Waals surface area contributed by atoms with Gasteiger partial charge in [0.15, 0.2) is 0 Å². The van der Waals surface area contributed by atoms with Gasteiger partial charge in [0.05, 0.1) is 12.5 Å². The zero-order valence-corrected chi connectivity index (χ0v) is 12.1. The number of hydrogen-bond acceptors (Lipinski definition) is 2. The Morgan fingerprint density at radius 2 is 2.16 bits per heavy atom. The van der Waals surface area contributed by atoms with Gasteiger partial charge in [0.25, 0.3) is 0 Å². The number of nitrogens with one attached hydrogen (secondary N) is 1. The summed E-state index contributed by atoms with van der Waals surface area (Å²) in [6.07, 6.45) is 5.61. The molecule has 0 atom stereocenters. The number of fused-ring (bicyclic) bond motifs is 1. The zero-order chi connectivity index (χ0) is 13.1. The van der Waals surface area contributed by atoms with E-state index in [0.29, 0.717) is 0 Å². The largest absolute Gasteiger partial charge is 0.472 e. The molecule has 3 aromatic rings. The molecule has 0 amide bonds. The lowest BCUT2D eigenvalue weighted by molar-refractivity contribution is 0.557. The number of aromatic nitrogens is 1. The standard InChI is InChI=1S/C15H15BrN2O/c16-14-1-2-15-13(9-14)3-6-18(15)7-5-17-10-12-4-8-19-11-12/h1-4,6,8-9,11,17H,5,7,10H2. The van der Waals surface area contributed by atoms with Gasteiger partial charge >= 0.3 is 0 Å². The average molecular weight is 319 g/mol. The summed E-state index contributed by atoms with van der Waals surface area (Å²) in [6.45, 7) is 2.75. The summed E-state index contributed by atoms with van der Waals surface area (Å²) >= 11 is 3.50. The normalized spacial score (nSPS) is 11.2. The maximum absolute atomic E-state index is 5.04. The Morgan fingerprint density at radius 1 is 1.21 bits per heavy atom. The van der Waals surface area contributed by atoms with Gasteiger partial charge in [-0.3, -0.25) is 0 Å².